The van der Waals surface area contributed by atoms with Gasteiger partial charge in [-0.25, -0.2) is 4.39 Å². The molecule has 0 bridgehead atoms. The number of para-hydroxylation sites is 1. The average molecular weight is 457 g/mol. The van der Waals surface area contributed by atoms with Gasteiger partial charge in [-0.3, -0.25) is 4.79 Å². The van der Waals surface area contributed by atoms with E-state index in [0.717, 1.165) is 22.0 Å². The molecule has 3 aromatic carbocycles. The van der Waals surface area contributed by atoms with E-state index in [9.17, 15) is 4.79 Å². The van der Waals surface area contributed by atoms with E-state index < -0.39 is 0 Å². The van der Waals surface area contributed by atoms with E-state index in [-0.39, 0.29) is 24.1 Å². The van der Waals surface area contributed by atoms with Crippen LogP contribution in [-0.2, 0) is 11.3 Å². The van der Waals surface area contributed by atoms with Crippen molar-refractivity contribution in [3.8, 4) is 0 Å². The van der Waals surface area contributed by atoms with Gasteiger partial charge in [-0.1, -0.05) is 79.6 Å². The summed E-state index contributed by atoms with van der Waals surface area (Å²) in [7, 11) is 0. The van der Waals surface area contributed by atoms with Gasteiger partial charge < -0.3 is 9.88 Å². The van der Waals surface area contributed by atoms with Gasteiger partial charge in [0.1, 0.15) is 5.82 Å². The van der Waals surface area contributed by atoms with Crippen LogP contribution in [0.1, 0.15) is 54.0 Å². The first-order chi connectivity index (χ1) is 16.3. The number of nitrogens with one attached hydrogen (secondary N) is 1. The number of carbonyl (C=O) groups excluding carboxylic acids is 1. The highest BCUT2D eigenvalue weighted by molar-refractivity contribution is 5.87. The van der Waals surface area contributed by atoms with Crippen LogP contribution in [-0.4, -0.2) is 17.0 Å². The summed E-state index contributed by atoms with van der Waals surface area (Å²) in [6.45, 7) is 9.49. The highest BCUT2D eigenvalue weighted by Gasteiger charge is 2.25. The number of aryl methyl sites for hydroxylation is 2. The first kappa shape index (κ1) is 23.7. The Morgan fingerprint density at radius 3 is 2.38 bits per heavy atom. The summed E-state index contributed by atoms with van der Waals surface area (Å²) in [5, 5.41) is 4.07. The third-order valence-corrected chi connectivity index (χ3v) is 6.29. The quantitative estimate of drug-likeness (QED) is 0.313. The van der Waals surface area contributed by atoms with Crippen molar-refractivity contribution in [2.45, 2.75) is 46.6 Å². The van der Waals surface area contributed by atoms with Gasteiger partial charge >= 0.3 is 0 Å². The standard InChI is InChI=1S/C30H33FN2O/c1-20(2)17-32-30(34)16-25(26-15-22(4)11-14-28(26)31)27-19-33(29-8-6-5-7-24(27)29)18-23-12-9-21(3)10-13-23/h5-15,19-20,25H,16-18H2,1-4H3,(H,32,34). The summed E-state index contributed by atoms with van der Waals surface area (Å²) in [4.78, 5) is 12.9. The topological polar surface area (TPSA) is 34.0 Å². The Morgan fingerprint density at radius 2 is 1.65 bits per heavy atom. The SMILES string of the molecule is Cc1ccc(Cn2cc(C(CC(=O)NCC(C)C)c3cc(C)ccc3F)c3ccccc32)cc1. The number of amides is 1. The van der Waals surface area contributed by atoms with Gasteiger partial charge in [0.25, 0.3) is 0 Å². The van der Waals surface area contributed by atoms with Crippen LogP contribution in [0.2, 0.25) is 0 Å². The minimum atomic E-state index is -0.378. The lowest BCUT2D eigenvalue weighted by Crippen LogP contribution is -2.29. The van der Waals surface area contributed by atoms with E-state index in [1.807, 2.05) is 25.1 Å². The molecule has 0 radical (unpaired) electrons. The summed E-state index contributed by atoms with van der Waals surface area (Å²) in [5.41, 5.74) is 6.03. The third-order valence-electron chi connectivity index (χ3n) is 6.29. The summed E-state index contributed by atoms with van der Waals surface area (Å²) < 4.78 is 17.3. The predicted molar refractivity (Wildman–Crippen MR) is 138 cm³/mol. The number of hydrogen-bond acceptors (Lipinski definition) is 1. The summed E-state index contributed by atoms with van der Waals surface area (Å²) in [5.74, 6) is -0.358. The maximum atomic E-state index is 15.1. The van der Waals surface area contributed by atoms with Crippen LogP contribution < -0.4 is 5.32 Å². The lowest BCUT2D eigenvalue weighted by Gasteiger charge is -2.19. The molecule has 1 heterocycles. The van der Waals surface area contributed by atoms with E-state index >= 15 is 4.39 Å². The van der Waals surface area contributed by atoms with E-state index in [4.69, 9.17) is 0 Å². The molecule has 1 atom stereocenters. The zero-order valence-electron chi connectivity index (χ0n) is 20.4. The van der Waals surface area contributed by atoms with Crippen LogP contribution in [0.4, 0.5) is 4.39 Å². The molecule has 0 aliphatic heterocycles. The van der Waals surface area contributed by atoms with Crippen molar-refractivity contribution >= 4 is 16.8 Å². The van der Waals surface area contributed by atoms with E-state index in [1.54, 1.807) is 6.07 Å². The van der Waals surface area contributed by atoms with Gasteiger partial charge in [0.2, 0.25) is 5.91 Å². The van der Waals surface area contributed by atoms with Crippen molar-refractivity contribution in [3.63, 3.8) is 0 Å². The second kappa shape index (κ2) is 10.3. The van der Waals surface area contributed by atoms with Crippen LogP contribution in [0.5, 0.6) is 0 Å². The summed E-state index contributed by atoms with van der Waals surface area (Å²) >= 11 is 0. The Bertz CT molecular complexity index is 1290. The molecule has 1 aromatic heterocycles. The molecule has 176 valence electrons. The molecular formula is C30H33FN2O. The van der Waals surface area contributed by atoms with Crippen LogP contribution >= 0.6 is 0 Å². The second-order valence-corrected chi connectivity index (χ2v) is 9.69. The number of rotatable bonds is 8. The number of nitrogens with zero attached hydrogens (tertiary/aromatic N) is 1. The Hall–Kier alpha value is -3.40. The van der Waals surface area contributed by atoms with Crippen molar-refractivity contribution in [2.24, 2.45) is 5.92 Å². The molecule has 34 heavy (non-hydrogen) atoms. The van der Waals surface area contributed by atoms with Gasteiger partial charge in [0.15, 0.2) is 0 Å². The number of carbonyl (C=O) groups is 1. The molecule has 3 nitrogen and oxygen atoms in total. The summed E-state index contributed by atoms with van der Waals surface area (Å²) in [6.07, 6.45) is 2.30. The molecule has 0 aliphatic rings. The molecule has 4 rings (SSSR count). The maximum Gasteiger partial charge on any atom is 0.220 e. The molecule has 4 heteroatoms. The molecule has 4 aromatic rings. The third kappa shape index (κ3) is 5.39. The zero-order chi connectivity index (χ0) is 24.2. The Labute approximate surface area is 201 Å². The monoisotopic (exact) mass is 456 g/mol. The van der Waals surface area contributed by atoms with E-state index in [2.05, 4.69) is 73.3 Å². The number of halogens is 1. The molecule has 0 aliphatic carbocycles. The molecule has 0 saturated carbocycles. The van der Waals surface area contributed by atoms with Gasteiger partial charge in [-0.05, 0) is 48.6 Å². The lowest BCUT2D eigenvalue weighted by atomic mass is 9.87. The lowest BCUT2D eigenvalue weighted by molar-refractivity contribution is -0.121. The van der Waals surface area contributed by atoms with Crippen molar-refractivity contribution in [2.75, 3.05) is 6.54 Å². The Kier molecular flexibility index (Phi) is 7.16. The molecule has 1 amide bonds. The molecule has 0 saturated heterocycles. The normalized spacial score (nSPS) is 12.3. The van der Waals surface area contributed by atoms with Crippen LogP contribution in [0.15, 0.2) is 72.9 Å². The van der Waals surface area contributed by atoms with Crippen LogP contribution in [0.3, 0.4) is 0 Å². The van der Waals surface area contributed by atoms with Crippen molar-refractivity contribution in [1.29, 1.82) is 0 Å². The number of hydrogen-bond donors (Lipinski definition) is 1. The van der Waals surface area contributed by atoms with E-state index in [0.29, 0.717) is 24.6 Å². The van der Waals surface area contributed by atoms with Crippen LogP contribution in [0.25, 0.3) is 10.9 Å². The minimum absolute atomic E-state index is 0.0602. The smallest absolute Gasteiger partial charge is 0.220 e. The predicted octanol–water partition coefficient (Wildman–Crippen LogP) is 6.74. The number of fused-ring (bicyclic) bond motifs is 1. The van der Waals surface area contributed by atoms with Gasteiger partial charge in [-0.2, -0.15) is 0 Å². The van der Waals surface area contributed by atoms with Gasteiger partial charge in [0.05, 0.1) is 0 Å². The molecule has 0 spiro atoms. The van der Waals surface area contributed by atoms with Gasteiger partial charge in [-0.15, -0.1) is 0 Å². The number of aromatic nitrogens is 1. The number of benzene rings is 3. The molecule has 1 unspecified atom stereocenters. The fourth-order valence-corrected chi connectivity index (χ4v) is 4.47. The summed E-state index contributed by atoms with van der Waals surface area (Å²) in [6, 6.07) is 21.9. The molecular weight excluding hydrogens is 423 g/mol. The van der Waals surface area contributed by atoms with Crippen molar-refractivity contribution in [3.05, 3.63) is 107 Å². The Balaban J connectivity index is 1.79. The Morgan fingerprint density at radius 1 is 0.941 bits per heavy atom. The maximum absolute atomic E-state index is 15.1. The minimum Gasteiger partial charge on any atom is -0.356 e. The van der Waals surface area contributed by atoms with Gasteiger partial charge in [0, 0.05) is 42.5 Å². The van der Waals surface area contributed by atoms with Crippen LogP contribution in [0, 0.1) is 25.6 Å². The highest BCUT2D eigenvalue weighted by Crippen LogP contribution is 2.36. The first-order valence-electron chi connectivity index (χ1n) is 12.0. The molecule has 1 N–H and O–H groups in total. The molecule has 0 fully saturated rings. The highest BCUT2D eigenvalue weighted by atomic mass is 19.1. The van der Waals surface area contributed by atoms with Crippen molar-refractivity contribution < 1.29 is 9.18 Å². The second-order valence-electron chi connectivity index (χ2n) is 9.69. The fraction of sp³-hybridized carbons (Fsp3) is 0.300. The largest absolute Gasteiger partial charge is 0.356 e. The fourth-order valence-electron chi connectivity index (χ4n) is 4.47. The van der Waals surface area contributed by atoms with Crippen molar-refractivity contribution in [1.82, 2.24) is 9.88 Å². The average Bonchev–Trinajstić information content (AvgIpc) is 3.17. The zero-order valence-corrected chi connectivity index (χ0v) is 20.4. The first-order valence-corrected chi connectivity index (χ1v) is 12.0. The van der Waals surface area contributed by atoms with E-state index in [1.165, 1.54) is 17.2 Å².